The Labute approximate surface area is 146 Å². The van der Waals surface area contributed by atoms with Crippen molar-refractivity contribution in [3.05, 3.63) is 29.8 Å². The summed E-state index contributed by atoms with van der Waals surface area (Å²) in [6.45, 7) is 5.29. The van der Waals surface area contributed by atoms with Crippen molar-refractivity contribution in [2.75, 3.05) is 37.5 Å². The lowest BCUT2D eigenvalue weighted by Gasteiger charge is -2.18. The number of benzene rings is 1. The van der Waals surface area contributed by atoms with Gasteiger partial charge in [0.15, 0.2) is 5.96 Å². The maximum Gasteiger partial charge on any atom is 0.191 e. The molecule has 0 radical (unpaired) electrons. The molecule has 0 spiro atoms. The lowest BCUT2D eigenvalue weighted by atomic mass is 10.2. The molecule has 0 aliphatic heterocycles. The van der Waals surface area contributed by atoms with E-state index in [1.807, 2.05) is 40.1 Å². The van der Waals surface area contributed by atoms with E-state index in [4.69, 9.17) is 0 Å². The van der Waals surface area contributed by atoms with Crippen molar-refractivity contribution in [1.82, 2.24) is 10.6 Å². The Balaban J connectivity index is 2.69. The van der Waals surface area contributed by atoms with Crippen molar-refractivity contribution < 1.29 is 8.42 Å². The second-order valence-electron chi connectivity index (χ2n) is 6.22. The molecule has 1 rings (SSSR count). The molecule has 136 valence electrons. The van der Waals surface area contributed by atoms with Gasteiger partial charge in [-0.2, -0.15) is 0 Å². The van der Waals surface area contributed by atoms with Crippen LogP contribution < -0.4 is 15.5 Å². The molecule has 0 fully saturated rings. The Kier molecular flexibility index (Phi) is 8.04. The number of anilines is 1. The van der Waals surface area contributed by atoms with Gasteiger partial charge < -0.3 is 15.5 Å². The molecule has 6 nitrogen and oxygen atoms in total. The zero-order chi connectivity index (χ0) is 18.2. The number of rotatable bonds is 8. The lowest BCUT2D eigenvalue weighted by Crippen LogP contribution is -2.42. The van der Waals surface area contributed by atoms with Crippen LogP contribution in [0.5, 0.6) is 0 Å². The Hall–Kier alpha value is -1.76. The molecule has 2 N–H and O–H groups in total. The Bertz CT molecular complexity index is 642. The summed E-state index contributed by atoms with van der Waals surface area (Å²) in [5.41, 5.74) is 2.27. The zero-order valence-electron chi connectivity index (χ0n) is 15.3. The fraction of sp³-hybridized carbons (Fsp3) is 0.588. The van der Waals surface area contributed by atoms with Crippen LogP contribution in [0.2, 0.25) is 0 Å². The Morgan fingerprint density at radius 1 is 1.33 bits per heavy atom. The van der Waals surface area contributed by atoms with Gasteiger partial charge in [0.25, 0.3) is 0 Å². The highest BCUT2D eigenvalue weighted by Crippen LogP contribution is 2.14. The number of nitrogens with zero attached hydrogens (tertiary/aromatic N) is 2. The second kappa shape index (κ2) is 9.52. The quantitative estimate of drug-likeness (QED) is 0.548. The average Bonchev–Trinajstić information content (AvgIpc) is 2.50. The van der Waals surface area contributed by atoms with Crippen LogP contribution in [0.3, 0.4) is 0 Å². The smallest absolute Gasteiger partial charge is 0.191 e. The van der Waals surface area contributed by atoms with Crippen LogP contribution in [0.15, 0.2) is 29.3 Å². The van der Waals surface area contributed by atoms with Crippen molar-refractivity contribution in [3.8, 4) is 0 Å². The molecule has 1 unspecified atom stereocenters. The maximum atomic E-state index is 11.3. The normalized spacial score (nSPS) is 13.5. The molecule has 0 aliphatic carbocycles. The van der Waals surface area contributed by atoms with Gasteiger partial charge in [-0.25, -0.2) is 13.4 Å². The lowest BCUT2D eigenvalue weighted by molar-refractivity contribution is 0.581. The molecule has 1 aromatic rings. The summed E-state index contributed by atoms with van der Waals surface area (Å²) < 4.78 is 22.5. The molecular weight excluding hydrogens is 324 g/mol. The van der Waals surface area contributed by atoms with Crippen LogP contribution in [0.25, 0.3) is 0 Å². The van der Waals surface area contributed by atoms with Gasteiger partial charge >= 0.3 is 0 Å². The number of sulfone groups is 1. The minimum absolute atomic E-state index is 0.0330. The number of hydrogen-bond donors (Lipinski definition) is 2. The van der Waals surface area contributed by atoms with E-state index in [0.717, 1.165) is 17.8 Å². The second-order valence-corrected chi connectivity index (χ2v) is 8.48. The number of aliphatic imine (C=N–C) groups is 1. The van der Waals surface area contributed by atoms with E-state index < -0.39 is 9.84 Å². The van der Waals surface area contributed by atoms with Gasteiger partial charge in [-0.3, -0.25) is 0 Å². The van der Waals surface area contributed by atoms with Crippen LogP contribution in [0.4, 0.5) is 5.69 Å². The van der Waals surface area contributed by atoms with E-state index in [0.29, 0.717) is 18.9 Å². The zero-order valence-corrected chi connectivity index (χ0v) is 16.2. The van der Waals surface area contributed by atoms with Crippen LogP contribution in [-0.2, 0) is 16.4 Å². The Morgan fingerprint density at radius 2 is 2.04 bits per heavy atom. The first-order valence-electron chi connectivity index (χ1n) is 8.20. The summed E-state index contributed by atoms with van der Waals surface area (Å²) in [6, 6.07) is 8.28. The van der Waals surface area contributed by atoms with Gasteiger partial charge in [0, 0.05) is 38.6 Å². The maximum absolute atomic E-state index is 11.3. The van der Waals surface area contributed by atoms with Crippen LogP contribution in [-0.4, -0.2) is 53.1 Å². The third-order valence-electron chi connectivity index (χ3n) is 3.50. The van der Waals surface area contributed by atoms with Crippen LogP contribution in [0.1, 0.15) is 25.8 Å². The summed E-state index contributed by atoms with van der Waals surface area (Å²) in [6.07, 6.45) is 1.82. The van der Waals surface area contributed by atoms with Crippen LogP contribution in [0, 0.1) is 0 Å². The monoisotopic (exact) mass is 354 g/mol. The third kappa shape index (κ3) is 8.19. The van der Waals surface area contributed by atoms with Crippen molar-refractivity contribution in [3.63, 3.8) is 0 Å². The predicted octanol–water partition coefficient (Wildman–Crippen LogP) is 1.63. The van der Waals surface area contributed by atoms with Gasteiger partial charge in [-0.1, -0.05) is 12.1 Å². The van der Waals surface area contributed by atoms with Gasteiger partial charge in [-0.05, 0) is 38.0 Å². The first-order chi connectivity index (χ1) is 11.2. The fourth-order valence-electron chi connectivity index (χ4n) is 2.12. The summed E-state index contributed by atoms with van der Waals surface area (Å²) >= 11 is 0. The van der Waals surface area contributed by atoms with Crippen molar-refractivity contribution in [2.45, 2.75) is 32.9 Å². The standard InChI is InChI=1S/C17H30N4O2S/c1-6-18-17(20-14(2)10-11-24(5,22)23)19-13-15-8-7-9-16(12-15)21(3)4/h7-9,12,14H,6,10-11,13H2,1-5H3,(H2,18,19,20). The highest BCUT2D eigenvalue weighted by molar-refractivity contribution is 7.90. The molecule has 0 bridgehead atoms. The van der Waals surface area contributed by atoms with Gasteiger partial charge in [0.2, 0.25) is 0 Å². The van der Waals surface area contributed by atoms with Gasteiger partial charge in [0.1, 0.15) is 9.84 Å². The fourth-order valence-corrected chi connectivity index (χ4v) is 2.90. The molecule has 0 saturated heterocycles. The molecular formula is C17H30N4O2S. The highest BCUT2D eigenvalue weighted by Gasteiger charge is 2.09. The van der Waals surface area contributed by atoms with E-state index in [9.17, 15) is 8.42 Å². The Morgan fingerprint density at radius 3 is 2.62 bits per heavy atom. The molecule has 24 heavy (non-hydrogen) atoms. The number of guanidine groups is 1. The topological polar surface area (TPSA) is 73.8 Å². The average molecular weight is 355 g/mol. The minimum Gasteiger partial charge on any atom is -0.378 e. The van der Waals surface area contributed by atoms with E-state index in [2.05, 4.69) is 32.7 Å². The first kappa shape index (κ1) is 20.3. The van der Waals surface area contributed by atoms with Crippen molar-refractivity contribution in [2.24, 2.45) is 4.99 Å². The van der Waals surface area contributed by atoms with E-state index >= 15 is 0 Å². The largest absolute Gasteiger partial charge is 0.378 e. The first-order valence-corrected chi connectivity index (χ1v) is 10.3. The van der Waals surface area contributed by atoms with Gasteiger partial charge in [0.05, 0.1) is 12.3 Å². The van der Waals surface area contributed by atoms with Crippen molar-refractivity contribution >= 4 is 21.5 Å². The summed E-state index contributed by atoms with van der Waals surface area (Å²) in [5.74, 6) is 0.875. The SMILES string of the molecule is CCNC(=NCc1cccc(N(C)C)c1)NC(C)CCS(C)(=O)=O. The summed E-state index contributed by atoms with van der Waals surface area (Å²) in [7, 11) is 1.08. The van der Waals surface area contributed by atoms with Crippen LogP contribution >= 0.6 is 0 Å². The molecule has 0 aromatic heterocycles. The summed E-state index contributed by atoms with van der Waals surface area (Å²) in [4.78, 5) is 6.65. The molecule has 0 saturated carbocycles. The third-order valence-corrected chi connectivity index (χ3v) is 4.47. The summed E-state index contributed by atoms with van der Waals surface area (Å²) in [5, 5.41) is 6.46. The predicted molar refractivity (Wildman–Crippen MR) is 103 cm³/mol. The van der Waals surface area contributed by atoms with Gasteiger partial charge in [-0.15, -0.1) is 0 Å². The number of hydrogen-bond acceptors (Lipinski definition) is 4. The van der Waals surface area contributed by atoms with E-state index in [-0.39, 0.29) is 11.8 Å². The van der Waals surface area contributed by atoms with E-state index in [1.54, 1.807) is 0 Å². The van der Waals surface area contributed by atoms with E-state index in [1.165, 1.54) is 6.26 Å². The highest BCUT2D eigenvalue weighted by atomic mass is 32.2. The molecule has 0 amide bonds. The number of nitrogens with one attached hydrogen (secondary N) is 2. The molecule has 1 atom stereocenters. The van der Waals surface area contributed by atoms with Crippen molar-refractivity contribution in [1.29, 1.82) is 0 Å². The molecule has 1 aromatic carbocycles. The minimum atomic E-state index is -2.94. The molecule has 0 aliphatic rings. The molecule has 7 heteroatoms. The molecule has 0 heterocycles.